The third kappa shape index (κ3) is 7.20. The summed E-state index contributed by atoms with van der Waals surface area (Å²) in [6.07, 6.45) is 10.6. The quantitative estimate of drug-likeness (QED) is 0.119. The third-order valence-corrected chi connectivity index (χ3v) is 8.49. The van der Waals surface area contributed by atoms with Crippen molar-refractivity contribution in [3.05, 3.63) is 70.8 Å². The number of thiocarbonyl (C=S) groups is 1. The second-order valence-corrected chi connectivity index (χ2v) is 11.8. The molecule has 0 bridgehead atoms. The van der Waals surface area contributed by atoms with Gasteiger partial charge in [0, 0.05) is 23.9 Å². The molecule has 4 rings (SSSR count). The van der Waals surface area contributed by atoms with E-state index < -0.39 is 0 Å². The van der Waals surface area contributed by atoms with Crippen LogP contribution in [0.4, 0.5) is 0 Å². The van der Waals surface area contributed by atoms with Crippen molar-refractivity contribution in [1.82, 2.24) is 14.7 Å². The largest absolute Gasteiger partial charge is 0.493 e. The monoisotopic (exact) mass is 561 g/mol. The van der Waals surface area contributed by atoms with Crippen LogP contribution >= 0.6 is 24.0 Å². The number of thioether (sulfide) groups is 1. The first-order valence-electron chi connectivity index (χ1n) is 14.1. The molecule has 1 aliphatic rings. The number of amides is 1. The summed E-state index contributed by atoms with van der Waals surface area (Å²) < 4.78 is 8.50. The average molecular weight is 562 g/mol. The zero-order chi connectivity index (χ0) is 27.8. The molecular weight excluding hydrogens is 523 g/mol. The van der Waals surface area contributed by atoms with Gasteiger partial charge in [0.15, 0.2) is 0 Å². The van der Waals surface area contributed by atoms with Crippen LogP contribution in [0.15, 0.2) is 59.6 Å². The minimum absolute atomic E-state index is 0.00536. The Kier molecular flexibility index (Phi) is 10.4. The first kappa shape index (κ1) is 29.1. The molecule has 7 heteroatoms. The highest BCUT2D eigenvalue weighted by atomic mass is 32.2. The van der Waals surface area contributed by atoms with Gasteiger partial charge in [-0.15, -0.1) is 0 Å². The van der Waals surface area contributed by atoms with E-state index in [-0.39, 0.29) is 5.91 Å². The highest BCUT2D eigenvalue weighted by Crippen LogP contribution is 2.36. The van der Waals surface area contributed by atoms with Crippen LogP contribution < -0.4 is 4.74 Å². The number of unbranched alkanes of at least 4 members (excludes halogenated alkanes) is 2. The Hall–Kier alpha value is -2.90. The molecule has 0 unspecified atom stereocenters. The second kappa shape index (κ2) is 13.9. The van der Waals surface area contributed by atoms with E-state index in [4.69, 9.17) is 22.1 Å². The van der Waals surface area contributed by atoms with Crippen LogP contribution in [0.25, 0.3) is 23.0 Å². The van der Waals surface area contributed by atoms with E-state index in [1.165, 1.54) is 18.2 Å². The summed E-state index contributed by atoms with van der Waals surface area (Å²) in [5, 5.41) is 4.96. The van der Waals surface area contributed by atoms with E-state index in [1.54, 1.807) is 4.90 Å². The molecule has 0 radical (unpaired) electrons. The Labute approximate surface area is 242 Å². The molecule has 1 saturated heterocycles. The van der Waals surface area contributed by atoms with Gasteiger partial charge >= 0.3 is 0 Å². The molecule has 0 aliphatic carbocycles. The van der Waals surface area contributed by atoms with Crippen molar-refractivity contribution in [3.63, 3.8) is 0 Å². The first-order chi connectivity index (χ1) is 18.9. The fraction of sp³-hybridized carbons (Fsp3) is 0.406. The van der Waals surface area contributed by atoms with Crippen molar-refractivity contribution in [1.29, 1.82) is 0 Å². The van der Waals surface area contributed by atoms with Crippen LogP contribution in [0.3, 0.4) is 0 Å². The summed E-state index contributed by atoms with van der Waals surface area (Å²) in [7, 11) is 0. The summed E-state index contributed by atoms with van der Waals surface area (Å²) in [5.41, 5.74) is 4.72. The molecule has 1 atom stereocenters. The predicted molar refractivity (Wildman–Crippen MR) is 167 cm³/mol. The lowest BCUT2D eigenvalue weighted by atomic mass is 9.99. The number of nitrogens with zero attached hydrogens (tertiary/aromatic N) is 3. The molecule has 2 heterocycles. The lowest BCUT2D eigenvalue weighted by molar-refractivity contribution is -0.122. The van der Waals surface area contributed by atoms with Crippen LogP contribution in [-0.2, 0) is 4.79 Å². The van der Waals surface area contributed by atoms with E-state index in [9.17, 15) is 4.79 Å². The average Bonchev–Trinajstić information content (AvgIpc) is 3.48. The minimum atomic E-state index is -0.00536. The molecule has 1 amide bonds. The smallest absolute Gasteiger partial charge is 0.266 e. The zero-order valence-electron chi connectivity index (χ0n) is 23.5. The highest BCUT2D eigenvalue weighted by Gasteiger charge is 2.33. The molecule has 2 aromatic carbocycles. The summed E-state index contributed by atoms with van der Waals surface area (Å²) in [5.74, 6) is 1.35. The van der Waals surface area contributed by atoms with Gasteiger partial charge in [-0.05, 0) is 67.7 Å². The SMILES string of the molecule is CCCCOc1ccc(-c2nn(-c3ccccc3)cc2/C=C2\SC(=S)N(C[C@@H](CC)CCCC)C2=O)cc1C. The topological polar surface area (TPSA) is 47.4 Å². The number of hydrogen-bond acceptors (Lipinski definition) is 5. The fourth-order valence-corrected chi connectivity index (χ4v) is 5.96. The number of rotatable bonds is 13. The number of carbonyl (C=O) groups excluding carboxylic acids is 1. The Balaban J connectivity index is 1.67. The van der Waals surface area contributed by atoms with Gasteiger partial charge in [0.1, 0.15) is 15.8 Å². The van der Waals surface area contributed by atoms with Crippen molar-refractivity contribution in [2.75, 3.05) is 13.2 Å². The molecular formula is C32H39N3O2S2. The predicted octanol–water partition coefficient (Wildman–Crippen LogP) is 8.44. The Morgan fingerprint density at radius 1 is 1.08 bits per heavy atom. The maximum atomic E-state index is 13.5. The number of aryl methyl sites for hydroxylation is 1. The number of ether oxygens (including phenoxy) is 1. The molecule has 1 aromatic heterocycles. The van der Waals surface area contributed by atoms with Crippen molar-refractivity contribution in [2.45, 2.75) is 66.2 Å². The van der Waals surface area contributed by atoms with Gasteiger partial charge in [-0.25, -0.2) is 4.68 Å². The fourth-order valence-electron chi connectivity index (χ4n) is 4.69. The van der Waals surface area contributed by atoms with E-state index in [0.29, 0.717) is 28.3 Å². The first-order valence-corrected chi connectivity index (χ1v) is 15.3. The number of hydrogen-bond donors (Lipinski definition) is 0. The molecule has 3 aromatic rings. The molecule has 0 saturated carbocycles. The Morgan fingerprint density at radius 3 is 2.54 bits per heavy atom. The molecule has 1 fully saturated rings. The van der Waals surface area contributed by atoms with Crippen molar-refractivity contribution in [3.8, 4) is 22.7 Å². The van der Waals surface area contributed by atoms with Crippen LogP contribution in [0, 0.1) is 12.8 Å². The molecule has 0 N–H and O–H groups in total. The molecule has 0 spiro atoms. The van der Waals surface area contributed by atoms with Crippen molar-refractivity contribution < 1.29 is 9.53 Å². The van der Waals surface area contributed by atoms with Crippen LogP contribution in [0.1, 0.15) is 70.4 Å². The van der Waals surface area contributed by atoms with Gasteiger partial charge in [-0.2, -0.15) is 5.10 Å². The third-order valence-electron chi connectivity index (χ3n) is 7.11. The van der Waals surface area contributed by atoms with Gasteiger partial charge in [0.2, 0.25) is 0 Å². The summed E-state index contributed by atoms with van der Waals surface area (Å²) in [6, 6.07) is 16.2. The van der Waals surface area contributed by atoms with Crippen LogP contribution in [-0.4, -0.2) is 38.1 Å². The number of aromatic nitrogens is 2. The van der Waals surface area contributed by atoms with Gasteiger partial charge in [-0.3, -0.25) is 9.69 Å². The van der Waals surface area contributed by atoms with E-state index in [0.717, 1.165) is 65.9 Å². The van der Waals surface area contributed by atoms with Crippen molar-refractivity contribution >= 4 is 40.3 Å². The lowest BCUT2D eigenvalue weighted by Gasteiger charge is -2.21. The number of para-hydroxylation sites is 1. The minimum Gasteiger partial charge on any atom is -0.493 e. The van der Waals surface area contributed by atoms with Crippen molar-refractivity contribution in [2.24, 2.45) is 5.92 Å². The zero-order valence-corrected chi connectivity index (χ0v) is 25.1. The van der Waals surface area contributed by atoms with Gasteiger partial charge in [-0.1, -0.05) is 88.6 Å². The Morgan fingerprint density at radius 2 is 1.85 bits per heavy atom. The van der Waals surface area contributed by atoms with Crippen LogP contribution in [0.5, 0.6) is 5.75 Å². The summed E-state index contributed by atoms with van der Waals surface area (Å²) in [6.45, 7) is 10.0. The molecule has 206 valence electrons. The van der Waals surface area contributed by atoms with E-state index >= 15 is 0 Å². The van der Waals surface area contributed by atoms with Gasteiger partial charge in [0.25, 0.3) is 5.91 Å². The highest BCUT2D eigenvalue weighted by molar-refractivity contribution is 8.26. The number of carbonyl (C=O) groups is 1. The summed E-state index contributed by atoms with van der Waals surface area (Å²) in [4.78, 5) is 15.9. The van der Waals surface area contributed by atoms with E-state index in [2.05, 4.69) is 33.8 Å². The molecule has 1 aliphatic heterocycles. The van der Waals surface area contributed by atoms with E-state index in [1.807, 2.05) is 59.4 Å². The van der Waals surface area contributed by atoms with Gasteiger partial charge in [0.05, 0.1) is 17.2 Å². The number of benzene rings is 2. The standard InChI is InChI=1S/C32H39N3O2S2/c1-5-8-13-24(7-3)21-34-31(36)29(39-32(34)38)20-26-22-35(27-14-11-10-12-15-27)33-30(26)25-16-17-28(23(4)19-25)37-18-9-6-2/h10-12,14-17,19-20,22,24H,5-9,13,18,21H2,1-4H3/b29-20-/t24-/m0/s1. The Bertz CT molecular complexity index is 1320. The van der Waals surface area contributed by atoms with Crippen LogP contribution in [0.2, 0.25) is 0 Å². The molecule has 39 heavy (non-hydrogen) atoms. The maximum Gasteiger partial charge on any atom is 0.266 e. The normalized spacial score (nSPS) is 15.4. The van der Waals surface area contributed by atoms with Gasteiger partial charge < -0.3 is 4.74 Å². The second-order valence-electron chi connectivity index (χ2n) is 10.1. The maximum absolute atomic E-state index is 13.5. The lowest BCUT2D eigenvalue weighted by Crippen LogP contribution is -2.33. The summed E-state index contributed by atoms with van der Waals surface area (Å²) >= 11 is 7.06. The molecule has 5 nitrogen and oxygen atoms in total.